The molecule has 0 rings (SSSR count). The average Bonchev–Trinajstić information content (AvgIpc) is 0. The Morgan fingerprint density at radius 2 is 1.00 bits per heavy atom. The molecule has 0 aliphatic carbocycles. The summed E-state index contributed by atoms with van der Waals surface area (Å²) in [7, 11) is 0. The van der Waals surface area contributed by atoms with E-state index in [1.807, 2.05) is 0 Å². The molecule has 0 aliphatic heterocycles. The van der Waals surface area contributed by atoms with Crippen LogP contribution in [-0.2, 0) is 38.0 Å². The molecule has 0 aromatic carbocycles. The van der Waals surface area contributed by atoms with E-state index < -0.39 is 0 Å². The molecular formula is ClNaVZn. The summed E-state index contributed by atoms with van der Waals surface area (Å²) in [5.74, 6) is 0. The third-order valence-corrected chi connectivity index (χ3v) is 0. The Kier molecular flexibility index (Phi) is 140. The van der Waals surface area contributed by atoms with E-state index >= 15 is 0 Å². The normalized spacial score (nSPS) is 0. The van der Waals surface area contributed by atoms with Gasteiger partial charge in [0.1, 0.15) is 0 Å². The molecular weight excluding hydrogens is 175 g/mol. The quantitative estimate of drug-likeness (QED) is 0.321. The first-order valence-electron chi connectivity index (χ1n) is 0. The van der Waals surface area contributed by atoms with Crippen molar-refractivity contribution >= 4 is 0 Å². The standard InChI is InChI=1S/ClH.Na.V.Zn/h1H;;;/q;+1;;/p-1. The third-order valence-electron chi connectivity index (χ3n) is 0. The van der Waals surface area contributed by atoms with Crippen LogP contribution in [0.25, 0.3) is 0 Å². The fraction of sp³-hybridized carbons (Fsp3) is 0. The van der Waals surface area contributed by atoms with Crippen LogP contribution in [0.2, 0.25) is 0 Å². The van der Waals surface area contributed by atoms with Gasteiger partial charge in [-0.25, -0.2) is 0 Å². The first kappa shape index (κ1) is 31.5. The van der Waals surface area contributed by atoms with Crippen molar-refractivity contribution in [3.8, 4) is 0 Å². The molecule has 0 nitrogen and oxygen atoms in total. The van der Waals surface area contributed by atoms with Gasteiger partial charge in [0.15, 0.2) is 0 Å². The van der Waals surface area contributed by atoms with Crippen molar-refractivity contribution in [2.75, 3.05) is 0 Å². The number of halogens is 1. The molecule has 4 heteroatoms. The molecule has 0 aromatic heterocycles. The molecule has 0 saturated carbocycles. The fourth-order valence-electron chi connectivity index (χ4n) is 0. The van der Waals surface area contributed by atoms with Crippen molar-refractivity contribution in [3.05, 3.63) is 0 Å². The molecule has 0 saturated heterocycles. The molecule has 0 bridgehead atoms. The maximum absolute atomic E-state index is 0. The van der Waals surface area contributed by atoms with Crippen molar-refractivity contribution in [1.82, 2.24) is 0 Å². The molecule has 0 heterocycles. The summed E-state index contributed by atoms with van der Waals surface area (Å²) in [5, 5.41) is 0. The minimum Gasteiger partial charge on any atom is -1.00 e. The molecule has 15 valence electrons. The second-order valence-electron chi connectivity index (χ2n) is 0. The molecule has 0 N–H and O–H groups in total. The van der Waals surface area contributed by atoms with Gasteiger partial charge in [-0.05, 0) is 0 Å². The summed E-state index contributed by atoms with van der Waals surface area (Å²) in [6, 6.07) is 0. The van der Waals surface area contributed by atoms with Crippen molar-refractivity contribution in [2.24, 2.45) is 0 Å². The zero-order valence-corrected chi connectivity index (χ0v) is 9.65. The largest absolute Gasteiger partial charge is 1.00 e. The van der Waals surface area contributed by atoms with E-state index in [4.69, 9.17) is 0 Å². The van der Waals surface area contributed by atoms with Gasteiger partial charge in [0.25, 0.3) is 0 Å². The maximum Gasteiger partial charge on any atom is 1.00 e. The SMILES string of the molecule is [Cl-].[Na+].[V].[Zn]. The molecule has 0 aromatic rings. The topological polar surface area (TPSA) is 0 Å². The van der Waals surface area contributed by atoms with Crippen LogP contribution in [0.4, 0.5) is 0 Å². The van der Waals surface area contributed by atoms with Crippen LogP contribution in [-0.4, -0.2) is 0 Å². The Hall–Kier alpha value is 2.50. The van der Waals surface area contributed by atoms with Crippen LogP contribution in [0.15, 0.2) is 0 Å². The van der Waals surface area contributed by atoms with Gasteiger partial charge < -0.3 is 12.4 Å². The predicted molar refractivity (Wildman–Crippen MR) is 0 cm³/mol. The van der Waals surface area contributed by atoms with Crippen LogP contribution in [0, 0.1) is 0 Å². The number of rotatable bonds is 0. The Morgan fingerprint density at radius 3 is 1.00 bits per heavy atom. The van der Waals surface area contributed by atoms with Gasteiger partial charge in [-0.15, -0.1) is 0 Å². The molecule has 0 atom stereocenters. The molecule has 4 heavy (non-hydrogen) atoms. The minimum absolute atomic E-state index is 0. The van der Waals surface area contributed by atoms with Gasteiger partial charge in [0.2, 0.25) is 0 Å². The molecule has 0 aliphatic rings. The van der Waals surface area contributed by atoms with Gasteiger partial charge in [-0.3, -0.25) is 0 Å². The van der Waals surface area contributed by atoms with E-state index in [-0.39, 0.29) is 80.0 Å². The Balaban J connectivity index is 0. The van der Waals surface area contributed by atoms with Crippen molar-refractivity contribution in [1.29, 1.82) is 0 Å². The molecule has 0 unspecified atom stereocenters. The zero-order valence-electron chi connectivity index (χ0n) is 2.53. The maximum atomic E-state index is 0. The van der Waals surface area contributed by atoms with Gasteiger partial charge in [-0.2, -0.15) is 0 Å². The van der Waals surface area contributed by atoms with Crippen LogP contribution in [0.3, 0.4) is 0 Å². The predicted octanol–water partition coefficient (Wildman–Crippen LogP) is -6.00. The van der Waals surface area contributed by atoms with Gasteiger partial charge in [-0.1, -0.05) is 0 Å². The zero-order chi connectivity index (χ0) is 0. The molecule has 0 amide bonds. The van der Waals surface area contributed by atoms with Crippen molar-refractivity contribution < 1.29 is 80.0 Å². The van der Waals surface area contributed by atoms with Crippen LogP contribution in [0.1, 0.15) is 0 Å². The van der Waals surface area contributed by atoms with E-state index in [2.05, 4.69) is 0 Å². The van der Waals surface area contributed by atoms with Crippen molar-refractivity contribution in [2.45, 2.75) is 0 Å². The van der Waals surface area contributed by atoms with E-state index in [0.29, 0.717) is 0 Å². The summed E-state index contributed by atoms with van der Waals surface area (Å²) >= 11 is 0. The molecule has 0 spiro atoms. The van der Waals surface area contributed by atoms with Gasteiger partial charge in [0.05, 0.1) is 0 Å². The van der Waals surface area contributed by atoms with E-state index in [1.54, 1.807) is 0 Å². The summed E-state index contributed by atoms with van der Waals surface area (Å²) in [4.78, 5) is 0. The van der Waals surface area contributed by atoms with Crippen LogP contribution < -0.4 is 42.0 Å². The van der Waals surface area contributed by atoms with E-state index in [0.717, 1.165) is 0 Å². The first-order valence-corrected chi connectivity index (χ1v) is 0. The summed E-state index contributed by atoms with van der Waals surface area (Å²) in [6.07, 6.45) is 0. The average molecular weight is 175 g/mol. The van der Waals surface area contributed by atoms with Crippen molar-refractivity contribution in [3.63, 3.8) is 0 Å². The van der Waals surface area contributed by atoms with Gasteiger partial charge >= 0.3 is 29.6 Å². The second kappa shape index (κ2) is 17.8. The monoisotopic (exact) mass is 173 g/mol. The second-order valence-corrected chi connectivity index (χ2v) is 0. The van der Waals surface area contributed by atoms with E-state index in [9.17, 15) is 0 Å². The summed E-state index contributed by atoms with van der Waals surface area (Å²) in [6.45, 7) is 0. The number of hydrogen-bond donors (Lipinski definition) is 0. The van der Waals surface area contributed by atoms with E-state index in [1.165, 1.54) is 0 Å². The third kappa shape index (κ3) is 8.82. The number of hydrogen-bond acceptors (Lipinski definition) is 0. The Morgan fingerprint density at radius 1 is 1.00 bits per heavy atom. The fourth-order valence-corrected chi connectivity index (χ4v) is 0. The first-order chi connectivity index (χ1) is 0. The molecule has 1 radical (unpaired) electrons. The van der Waals surface area contributed by atoms with Crippen LogP contribution >= 0.6 is 0 Å². The Bertz CT molecular complexity index is 8.00. The van der Waals surface area contributed by atoms with Gasteiger partial charge in [0, 0.05) is 38.0 Å². The summed E-state index contributed by atoms with van der Waals surface area (Å²) in [5.41, 5.74) is 0. The minimum atomic E-state index is 0. The Labute approximate surface area is 78.8 Å². The molecule has 0 fully saturated rings. The summed E-state index contributed by atoms with van der Waals surface area (Å²) < 4.78 is 0. The van der Waals surface area contributed by atoms with Crippen LogP contribution in [0.5, 0.6) is 0 Å². The smallest absolute Gasteiger partial charge is 1.00 e.